The van der Waals surface area contributed by atoms with Crippen LogP contribution >= 0.6 is 0 Å². The topological polar surface area (TPSA) is 72.0 Å². The molecule has 0 amide bonds. The summed E-state index contributed by atoms with van der Waals surface area (Å²) < 4.78 is 44.4. The van der Waals surface area contributed by atoms with E-state index in [0.717, 1.165) is 6.07 Å². The van der Waals surface area contributed by atoms with Crippen LogP contribution in [0.1, 0.15) is 5.56 Å². The van der Waals surface area contributed by atoms with E-state index < -0.39 is 11.7 Å². The van der Waals surface area contributed by atoms with Gasteiger partial charge < -0.3 is 15.4 Å². The fourth-order valence-corrected chi connectivity index (χ4v) is 2.22. The highest BCUT2D eigenvalue weighted by Gasteiger charge is 2.33. The highest BCUT2D eigenvalue weighted by Crippen LogP contribution is 2.35. The number of aromatic nitrogens is 3. The third kappa shape index (κ3) is 4.18. The molecule has 0 aliphatic carbocycles. The van der Waals surface area contributed by atoms with Gasteiger partial charge in [0.15, 0.2) is 5.82 Å². The van der Waals surface area contributed by atoms with Gasteiger partial charge in [-0.15, -0.1) is 5.10 Å². The van der Waals surface area contributed by atoms with E-state index in [-0.39, 0.29) is 17.5 Å². The molecule has 3 rings (SSSR count). The summed E-state index contributed by atoms with van der Waals surface area (Å²) in [6.45, 7) is 0. The number of hydrogen-bond acceptors (Lipinski definition) is 6. The lowest BCUT2D eigenvalue weighted by atomic mass is 10.1. The van der Waals surface area contributed by atoms with Gasteiger partial charge >= 0.3 is 6.18 Å². The zero-order valence-electron chi connectivity index (χ0n) is 13.6. The second kappa shape index (κ2) is 7.26. The van der Waals surface area contributed by atoms with Crippen molar-refractivity contribution >= 4 is 23.1 Å². The van der Waals surface area contributed by atoms with Gasteiger partial charge in [-0.2, -0.15) is 23.3 Å². The summed E-state index contributed by atoms with van der Waals surface area (Å²) in [7, 11) is 1.54. The van der Waals surface area contributed by atoms with Gasteiger partial charge in [0.25, 0.3) is 0 Å². The number of rotatable bonds is 5. The van der Waals surface area contributed by atoms with Crippen LogP contribution in [0.4, 0.5) is 36.3 Å². The van der Waals surface area contributed by atoms with Crippen molar-refractivity contribution in [2.45, 2.75) is 6.18 Å². The van der Waals surface area contributed by atoms with Gasteiger partial charge in [-0.1, -0.05) is 18.2 Å². The van der Waals surface area contributed by atoms with Gasteiger partial charge in [-0.3, -0.25) is 0 Å². The zero-order chi connectivity index (χ0) is 18.6. The minimum Gasteiger partial charge on any atom is -0.497 e. The number of benzene rings is 2. The van der Waals surface area contributed by atoms with Gasteiger partial charge in [0.05, 0.1) is 24.6 Å². The molecule has 6 nitrogen and oxygen atoms in total. The Morgan fingerprint density at radius 1 is 1.00 bits per heavy atom. The second-order valence-electron chi connectivity index (χ2n) is 5.19. The summed E-state index contributed by atoms with van der Waals surface area (Å²) >= 11 is 0. The summed E-state index contributed by atoms with van der Waals surface area (Å²) in [4.78, 5) is 4.14. The van der Waals surface area contributed by atoms with Crippen LogP contribution in [0.5, 0.6) is 5.75 Å². The zero-order valence-corrected chi connectivity index (χ0v) is 13.6. The maximum Gasteiger partial charge on any atom is 0.418 e. The van der Waals surface area contributed by atoms with Crippen LogP contribution in [0.25, 0.3) is 0 Å². The number of hydrogen-bond donors (Lipinski definition) is 2. The number of ether oxygens (including phenoxy) is 1. The summed E-state index contributed by atoms with van der Waals surface area (Å²) in [5, 5.41) is 13.1. The molecule has 0 spiro atoms. The first kappa shape index (κ1) is 17.5. The second-order valence-corrected chi connectivity index (χ2v) is 5.19. The molecule has 1 heterocycles. The van der Waals surface area contributed by atoms with Crippen molar-refractivity contribution in [2.24, 2.45) is 0 Å². The molecule has 0 saturated carbocycles. The van der Waals surface area contributed by atoms with Gasteiger partial charge in [0.1, 0.15) is 5.75 Å². The van der Waals surface area contributed by atoms with Gasteiger partial charge in [0, 0.05) is 11.8 Å². The van der Waals surface area contributed by atoms with E-state index in [9.17, 15) is 13.2 Å². The Morgan fingerprint density at radius 3 is 2.58 bits per heavy atom. The maximum absolute atomic E-state index is 13.1. The molecule has 134 valence electrons. The summed E-state index contributed by atoms with van der Waals surface area (Å²) in [6, 6.07) is 12.2. The van der Waals surface area contributed by atoms with Crippen LogP contribution in [0, 0.1) is 0 Å². The molecule has 0 fully saturated rings. The Bertz CT molecular complexity index is 901. The highest BCUT2D eigenvalue weighted by atomic mass is 19.4. The Balaban J connectivity index is 1.82. The molecule has 0 bridgehead atoms. The lowest BCUT2D eigenvalue weighted by Crippen LogP contribution is -2.09. The number of anilines is 4. The molecule has 9 heteroatoms. The lowest BCUT2D eigenvalue weighted by molar-refractivity contribution is -0.136. The van der Waals surface area contributed by atoms with E-state index in [4.69, 9.17) is 4.74 Å². The molecule has 0 radical (unpaired) electrons. The lowest BCUT2D eigenvalue weighted by Gasteiger charge is -2.14. The van der Waals surface area contributed by atoms with Crippen LogP contribution in [-0.4, -0.2) is 22.3 Å². The fraction of sp³-hybridized carbons (Fsp3) is 0.118. The molecule has 0 saturated heterocycles. The number of halogens is 3. The third-order valence-corrected chi connectivity index (χ3v) is 3.38. The molecule has 3 aromatic rings. The Morgan fingerprint density at radius 2 is 1.81 bits per heavy atom. The highest BCUT2D eigenvalue weighted by molar-refractivity contribution is 5.62. The van der Waals surface area contributed by atoms with Crippen LogP contribution in [0.15, 0.2) is 54.7 Å². The summed E-state index contributed by atoms with van der Waals surface area (Å²) in [6.07, 6.45) is -3.24. The van der Waals surface area contributed by atoms with E-state index in [1.165, 1.54) is 24.4 Å². The molecule has 0 aliphatic rings. The van der Waals surface area contributed by atoms with E-state index in [1.54, 1.807) is 31.4 Å². The number of alkyl halides is 3. The fourth-order valence-electron chi connectivity index (χ4n) is 2.22. The van der Waals surface area contributed by atoms with Gasteiger partial charge in [-0.05, 0) is 24.3 Å². The number of para-hydroxylation sites is 1. The van der Waals surface area contributed by atoms with Crippen molar-refractivity contribution < 1.29 is 17.9 Å². The van der Waals surface area contributed by atoms with Crippen molar-refractivity contribution in [3.63, 3.8) is 0 Å². The first-order chi connectivity index (χ1) is 12.5. The Labute approximate surface area is 147 Å². The molecule has 26 heavy (non-hydrogen) atoms. The number of methoxy groups -OCH3 is 1. The quantitative estimate of drug-likeness (QED) is 0.702. The average molecular weight is 361 g/mol. The summed E-state index contributed by atoms with van der Waals surface area (Å²) in [5.41, 5.74) is -0.257. The Kier molecular flexibility index (Phi) is 4.87. The predicted molar refractivity (Wildman–Crippen MR) is 90.8 cm³/mol. The van der Waals surface area contributed by atoms with Crippen molar-refractivity contribution in [2.75, 3.05) is 17.7 Å². The monoisotopic (exact) mass is 361 g/mol. The van der Waals surface area contributed by atoms with Crippen LogP contribution in [0.3, 0.4) is 0 Å². The van der Waals surface area contributed by atoms with E-state index in [1.807, 2.05) is 0 Å². The van der Waals surface area contributed by atoms with Crippen molar-refractivity contribution in [3.8, 4) is 5.75 Å². The van der Waals surface area contributed by atoms with Crippen LogP contribution in [0.2, 0.25) is 0 Å². The first-order valence-corrected chi connectivity index (χ1v) is 7.50. The molecule has 2 aromatic carbocycles. The van der Waals surface area contributed by atoms with Crippen molar-refractivity contribution in [1.82, 2.24) is 15.2 Å². The minimum absolute atomic E-state index is 0.118. The molecule has 0 atom stereocenters. The number of nitrogens with one attached hydrogen (secondary N) is 2. The predicted octanol–water partition coefficient (Wildman–Crippen LogP) is 4.39. The molecule has 1 aromatic heterocycles. The van der Waals surface area contributed by atoms with Gasteiger partial charge in [-0.25, -0.2) is 0 Å². The first-order valence-electron chi connectivity index (χ1n) is 7.50. The minimum atomic E-state index is -4.48. The maximum atomic E-state index is 13.1. The normalized spacial score (nSPS) is 11.1. The molecule has 0 aliphatic heterocycles. The van der Waals surface area contributed by atoms with Crippen molar-refractivity contribution in [3.05, 3.63) is 60.3 Å². The molecular formula is C17H14F3N5O. The molecule has 2 N–H and O–H groups in total. The Hall–Kier alpha value is -3.36. The summed E-state index contributed by atoms with van der Waals surface area (Å²) in [5.74, 6) is 0.895. The standard InChI is InChI=1S/C17H14F3N5O/c1-26-12-6-4-5-11(9-12)22-16-24-15(10-21-25-16)23-14-8-3-2-7-13(14)17(18,19)20/h2-10H,1H3,(H2,22,23,24,25). The van der Waals surface area contributed by atoms with Crippen molar-refractivity contribution in [1.29, 1.82) is 0 Å². The molecular weight excluding hydrogens is 347 g/mol. The number of nitrogens with zero attached hydrogens (tertiary/aromatic N) is 3. The largest absolute Gasteiger partial charge is 0.497 e. The van der Waals surface area contributed by atoms with Crippen LogP contribution < -0.4 is 15.4 Å². The molecule has 0 unspecified atom stereocenters. The van der Waals surface area contributed by atoms with E-state index >= 15 is 0 Å². The van der Waals surface area contributed by atoms with E-state index in [0.29, 0.717) is 11.4 Å². The van der Waals surface area contributed by atoms with Crippen LogP contribution in [-0.2, 0) is 6.18 Å². The van der Waals surface area contributed by atoms with E-state index in [2.05, 4.69) is 25.8 Å². The third-order valence-electron chi connectivity index (χ3n) is 3.38. The smallest absolute Gasteiger partial charge is 0.418 e. The SMILES string of the molecule is COc1cccc(Nc2nncc(Nc3ccccc3C(F)(F)F)n2)c1. The van der Waals surface area contributed by atoms with Gasteiger partial charge in [0.2, 0.25) is 5.95 Å². The average Bonchev–Trinajstić information content (AvgIpc) is 2.62.